The Kier molecular flexibility index (Phi) is 7.16. The summed E-state index contributed by atoms with van der Waals surface area (Å²) in [7, 11) is 0. The Morgan fingerprint density at radius 3 is 2.12 bits per heavy atom. The Morgan fingerprint density at radius 2 is 1.49 bits per heavy atom. The fraction of sp³-hybridized carbons (Fsp3) is 0.543. The summed E-state index contributed by atoms with van der Waals surface area (Å²) in [5, 5.41) is 48.6. The molecule has 43 heavy (non-hydrogen) atoms. The second-order valence-electron chi connectivity index (χ2n) is 13.6. The molecule has 0 amide bonds. The van der Waals surface area contributed by atoms with E-state index in [-0.39, 0.29) is 25.7 Å². The lowest BCUT2D eigenvalue weighted by Crippen LogP contribution is -2.78. The van der Waals surface area contributed by atoms with Gasteiger partial charge in [0.25, 0.3) is 0 Å². The summed E-state index contributed by atoms with van der Waals surface area (Å²) < 4.78 is 12.1. The maximum atomic E-state index is 13.6. The van der Waals surface area contributed by atoms with Crippen LogP contribution in [0.4, 0.5) is 0 Å². The molecule has 2 aromatic carbocycles. The Balaban J connectivity index is 1.44. The number of aliphatic hydroxyl groups is 4. The second kappa shape index (κ2) is 10.3. The van der Waals surface area contributed by atoms with Crippen molar-refractivity contribution >= 4 is 11.9 Å². The molecule has 4 aliphatic rings. The number of carbonyl (C=O) groups excluding carboxylic acids is 2. The van der Waals surface area contributed by atoms with Crippen molar-refractivity contribution in [3.63, 3.8) is 0 Å². The lowest BCUT2D eigenvalue weighted by Gasteiger charge is -2.67. The molecule has 9 atom stereocenters. The van der Waals surface area contributed by atoms with Crippen LogP contribution in [0, 0.1) is 16.7 Å². The van der Waals surface area contributed by atoms with Gasteiger partial charge in [-0.3, -0.25) is 0 Å². The number of aliphatic hydroxyl groups excluding tert-OH is 1. The zero-order valence-corrected chi connectivity index (χ0v) is 25.0. The average molecular weight is 591 g/mol. The van der Waals surface area contributed by atoms with Crippen molar-refractivity contribution in [2.75, 3.05) is 0 Å². The number of rotatable bonds is 5. The fourth-order valence-electron chi connectivity index (χ4n) is 9.16. The van der Waals surface area contributed by atoms with Crippen molar-refractivity contribution in [1.29, 1.82) is 0 Å². The smallest absolute Gasteiger partial charge is 0.338 e. The van der Waals surface area contributed by atoms with Gasteiger partial charge in [0.05, 0.1) is 22.6 Å². The van der Waals surface area contributed by atoms with Gasteiger partial charge in [-0.25, -0.2) is 9.59 Å². The first-order chi connectivity index (χ1) is 20.3. The van der Waals surface area contributed by atoms with Gasteiger partial charge in [0.15, 0.2) is 0 Å². The number of fused-ring (bicyclic) bond motifs is 5. The lowest BCUT2D eigenvalue weighted by molar-refractivity contribution is -0.324. The third-order valence-electron chi connectivity index (χ3n) is 11.9. The molecule has 4 N–H and O–H groups in total. The Morgan fingerprint density at radius 1 is 0.884 bits per heavy atom. The van der Waals surface area contributed by atoms with Crippen molar-refractivity contribution < 1.29 is 39.5 Å². The van der Waals surface area contributed by atoms with Gasteiger partial charge in [-0.1, -0.05) is 61.9 Å². The van der Waals surface area contributed by atoms with Crippen molar-refractivity contribution in [2.24, 2.45) is 16.7 Å². The monoisotopic (exact) mass is 590 g/mol. The first-order valence-corrected chi connectivity index (χ1v) is 15.4. The number of hydrogen-bond donors (Lipinski definition) is 4. The van der Waals surface area contributed by atoms with Gasteiger partial charge in [0.1, 0.15) is 29.0 Å². The van der Waals surface area contributed by atoms with Gasteiger partial charge in [0.2, 0.25) is 0 Å². The van der Waals surface area contributed by atoms with Gasteiger partial charge in [0, 0.05) is 5.92 Å². The van der Waals surface area contributed by atoms with E-state index in [1.165, 1.54) is 0 Å². The van der Waals surface area contributed by atoms with Crippen LogP contribution < -0.4 is 0 Å². The highest BCUT2D eigenvalue weighted by molar-refractivity contribution is 5.90. The maximum Gasteiger partial charge on any atom is 0.338 e. The highest BCUT2D eigenvalue weighted by Gasteiger charge is 2.81. The van der Waals surface area contributed by atoms with Gasteiger partial charge < -0.3 is 29.9 Å². The zero-order valence-electron chi connectivity index (χ0n) is 25.0. The number of carbonyl (C=O) groups is 2. The summed E-state index contributed by atoms with van der Waals surface area (Å²) in [6.45, 7) is 5.32. The normalized spacial score (nSPS) is 40.7. The van der Waals surface area contributed by atoms with E-state index in [2.05, 4.69) is 6.92 Å². The summed E-state index contributed by atoms with van der Waals surface area (Å²) in [4.78, 5) is 26.7. The highest BCUT2D eigenvalue weighted by atomic mass is 16.6. The molecule has 0 saturated heterocycles. The summed E-state index contributed by atoms with van der Waals surface area (Å²) in [6.07, 6.45) is 1.35. The molecule has 3 saturated carbocycles. The van der Waals surface area contributed by atoms with Crippen LogP contribution >= 0.6 is 0 Å². The van der Waals surface area contributed by atoms with E-state index in [0.29, 0.717) is 30.4 Å². The second-order valence-corrected chi connectivity index (χ2v) is 13.6. The van der Waals surface area contributed by atoms with Crippen LogP contribution in [0.2, 0.25) is 0 Å². The van der Waals surface area contributed by atoms with E-state index in [0.717, 1.165) is 5.57 Å². The van der Waals surface area contributed by atoms with Crippen LogP contribution in [0.5, 0.6) is 0 Å². The van der Waals surface area contributed by atoms with Crippen molar-refractivity contribution in [1.82, 2.24) is 0 Å². The third kappa shape index (κ3) is 4.17. The Hall–Kier alpha value is -3.04. The molecular formula is C35H42O8. The van der Waals surface area contributed by atoms with Crippen LogP contribution in [-0.2, 0) is 9.47 Å². The maximum absolute atomic E-state index is 13.6. The minimum Gasteiger partial charge on any atom is -0.458 e. The van der Waals surface area contributed by atoms with E-state index in [4.69, 9.17) is 9.47 Å². The van der Waals surface area contributed by atoms with Crippen molar-refractivity contribution in [3.8, 4) is 0 Å². The largest absolute Gasteiger partial charge is 0.458 e. The topological polar surface area (TPSA) is 134 Å². The molecule has 0 radical (unpaired) electrons. The van der Waals surface area contributed by atoms with E-state index in [9.17, 15) is 30.0 Å². The molecule has 3 fully saturated rings. The molecule has 8 nitrogen and oxygen atoms in total. The van der Waals surface area contributed by atoms with Crippen LogP contribution in [0.3, 0.4) is 0 Å². The van der Waals surface area contributed by atoms with Gasteiger partial charge in [-0.15, -0.1) is 0 Å². The van der Waals surface area contributed by atoms with Gasteiger partial charge in [-0.2, -0.15) is 0 Å². The number of ether oxygens (including phenoxy) is 2. The molecule has 2 aromatic rings. The summed E-state index contributed by atoms with van der Waals surface area (Å²) in [5.41, 5.74) is -5.87. The summed E-state index contributed by atoms with van der Waals surface area (Å²) >= 11 is 0. The first-order valence-electron chi connectivity index (χ1n) is 15.4. The van der Waals surface area contributed by atoms with Crippen LogP contribution in [0.25, 0.3) is 0 Å². The van der Waals surface area contributed by atoms with E-state index < -0.39 is 63.8 Å². The van der Waals surface area contributed by atoms with Gasteiger partial charge >= 0.3 is 11.9 Å². The quantitative estimate of drug-likeness (QED) is 0.298. The summed E-state index contributed by atoms with van der Waals surface area (Å²) in [6, 6.07) is 17.0. The van der Waals surface area contributed by atoms with E-state index in [1.807, 2.05) is 6.08 Å². The fourth-order valence-corrected chi connectivity index (χ4v) is 9.16. The molecule has 0 aliphatic heterocycles. The molecule has 8 heteroatoms. The van der Waals surface area contributed by atoms with Crippen LogP contribution in [0.1, 0.15) is 86.4 Å². The van der Waals surface area contributed by atoms with E-state index >= 15 is 0 Å². The van der Waals surface area contributed by atoms with Crippen LogP contribution in [-0.4, -0.2) is 67.5 Å². The molecule has 230 valence electrons. The predicted octanol–water partition coefficient (Wildman–Crippen LogP) is 4.35. The highest BCUT2D eigenvalue weighted by Crippen LogP contribution is 2.71. The molecule has 0 heterocycles. The molecule has 6 rings (SSSR count). The average Bonchev–Trinajstić information content (AvgIpc) is 3.23. The summed E-state index contributed by atoms with van der Waals surface area (Å²) in [5.74, 6) is -1.73. The zero-order chi connectivity index (χ0) is 30.8. The molecule has 0 bridgehead atoms. The molecule has 0 spiro atoms. The van der Waals surface area contributed by atoms with E-state index in [1.54, 1.807) is 74.5 Å². The first kappa shape index (κ1) is 30.0. The SMILES string of the molecule is CC(OC(=O)c1ccccc1)C1(O)CCC2(O)C3(O)CC=C4CC(O)CCC4(C)C3CC(OC(=O)c3ccccc3)C12C. The molecular weight excluding hydrogens is 548 g/mol. The number of benzene rings is 2. The third-order valence-corrected chi connectivity index (χ3v) is 11.9. The minimum absolute atomic E-state index is 0.0154. The standard InChI is InChI=1S/C35H42O8/c1-22(42-29(37)23-10-6-4-7-11-23)33(39)18-19-35(41)32(33,3)28(43-30(38)24-12-8-5-9-13-24)21-27-31(2)16-15-26(36)20-25(31)14-17-34(27,35)40/h4-14,22,26-28,36,39-41H,15-21H2,1-3H3. The Labute approximate surface area is 252 Å². The molecule has 0 aromatic heterocycles. The Bertz CT molecular complexity index is 1430. The molecule has 4 aliphatic carbocycles. The number of esters is 2. The lowest BCUT2D eigenvalue weighted by atomic mass is 9.42. The van der Waals surface area contributed by atoms with Crippen molar-refractivity contribution in [3.05, 3.63) is 83.4 Å². The van der Waals surface area contributed by atoms with Gasteiger partial charge in [-0.05, 0) is 81.5 Å². The van der Waals surface area contributed by atoms with Crippen LogP contribution in [0.15, 0.2) is 72.3 Å². The predicted molar refractivity (Wildman–Crippen MR) is 158 cm³/mol. The minimum atomic E-state index is -1.90. The molecule has 9 unspecified atom stereocenters. The van der Waals surface area contributed by atoms with Crippen molar-refractivity contribution in [2.45, 2.75) is 101 Å². The number of hydrogen-bond acceptors (Lipinski definition) is 8.